The maximum Gasteiger partial charge on any atom is 0.257 e. The van der Waals surface area contributed by atoms with Crippen LogP contribution in [0.5, 0.6) is 11.5 Å². The van der Waals surface area contributed by atoms with Gasteiger partial charge in [0.05, 0.1) is 29.5 Å². The lowest BCUT2D eigenvalue weighted by Crippen LogP contribution is -2.13. The zero-order valence-corrected chi connectivity index (χ0v) is 18.5. The number of aromatic nitrogens is 2. The van der Waals surface area contributed by atoms with Crippen molar-refractivity contribution in [2.45, 2.75) is 13.2 Å². The fourth-order valence-corrected chi connectivity index (χ4v) is 3.25. The molecule has 0 fully saturated rings. The molecule has 1 aromatic heterocycles. The van der Waals surface area contributed by atoms with Gasteiger partial charge in [-0.1, -0.05) is 36.4 Å². The molecule has 0 atom stereocenters. The van der Waals surface area contributed by atoms with E-state index in [9.17, 15) is 15.3 Å². The normalized spacial score (nSPS) is 10.0. The minimum atomic E-state index is -0.421. The molecule has 1 heterocycles. The van der Waals surface area contributed by atoms with E-state index in [1.165, 1.54) is 18.6 Å². The Morgan fingerprint density at radius 2 is 1.40 bits per heavy atom. The Morgan fingerprint density at radius 1 is 0.829 bits per heavy atom. The molecule has 0 spiro atoms. The Hall–Kier alpha value is -5.21. The largest absolute Gasteiger partial charge is 0.489 e. The first-order valence-corrected chi connectivity index (χ1v) is 10.6. The average Bonchev–Trinajstić information content (AvgIpc) is 2.91. The number of carbonyl (C=O) groups is 1. The average molecular weight is 461 g/mol. The molecule has 0 saturated heterocycles. The predicted octanol–water partition coefficient (Wildman–Crippen LogP) is 4.63. The topological polar surface area (TPSA) is 121 Å². The zero-order valence-electron chi connectivity index (χ0n) is 18.5. The second kappa shape index (κ2) is 11.1. The van der Waals surface area contributed by atoms with E-state index in [0.717, 1.165) is 11.1 Å². The first-order valence-electron chi connectivity index (χ1n) is 10.6. The molecule has 4 aromatic rings. The highest BCUT2D eigenvalue weighted by molar-refractivity contribution is 6.04. The van der Waals surface area contributed by atoms with E-state index < -0.39 is 5.91 Å². The quantitative estimate of drug-likeness (QED) is 0.406. The van der Waals surface area contributed by atoms with Crippen molar-refractivity contribution in [1.82, 2.24) is 9.97 Å². The van der Waals surface area contributed by atoms with Gasteiger partial charge >= 0.3 is 0 Å². The monoisotopic (exact) mass is 461 g/mol. The minimum absolute atomic E-state index is 0.135. The summed E-state index contributed by atoms with van der Waals surface area (Å²) < 4.78 is 11.8. The van der Waals surface area contributed by atoms with Crippen molar-refractivity contribution in [3.8, 4) is 23.6 Å². The molecule has 0 aliphatic heterocycles. The number of rotatable bonds is 8. The van der Waals surface area contributed by atoms with Crippen LogP contribution in [0.1, 0.15) is 32.6 Å². The summed E-state index contributed by atoms with van der Waals surface area (Å²) in [6.07, 6.45) is 4.42. The van der Waals surface area contributed by atoms with Crippen molar-refractivity contribution in [3.05, 3.63) is 113 Å². The molecular weight excluding hydrogens is 442 g/mol. The van der Waals surface area contributed by atoms with E-state index in [2.05, 4.69) is 27.4 Å². The van der Waals surface area contributed by atoms with E-state index in [1.54, 1.807) is 54.6 Å². The highest BCUT2D eigenvalue weighted by Gasteiger charge is 2.13. The fraction of sp³-hybridized carbons (Fsp3) is 0.0741. The molecule has 0 aliphatic rings. The van der Waals surface area contributed by atoms with Gasteiger partial charge in [-0.3, -0.25) is 9.78 Å². The van der Waals surface area contributed by atoms with Crippen LogP contribution in [0.25, 0.3) is 0 Å². The molecule has 0 bridgehead atoms. The predicted molar refractivity (Wildman–Crippen MR) is 127 cm³/mol. The van der Waals surface area contributed by atoms with Gasteiger partial charge in [0.2, 0.25) is 0 Å². The number of nitriles is 2. The molecule has 0 radical (unpaired) electrons. The number of ether oxygens (including phenoxy) is 2. The van der Waals surface area contributed by atoms with Gasteiger partial charge in [-0.05, 0) is 24.3 Å². The standard InChI is InChI=1S/C27H19N5O3/c28-14-19-5-1-3-7-21(19)17-34-24-11-23(27(33)32-26-16-30-9-10-31-26)12-25(13-24)35-18-22-8-4-2-6-20(22)15-29/h1-13,16H,17-18H2,(H,31,32,33). The lowest BCUT2D eigenvalue weighted by atomic mass is 10.1. The van der Waals surface area contributed by atoms with Gasteiger partial charge < -0.3 is 14.8 Å². The third kappa shape index (κ3) is 5.98. The van der Waals surface area contributed by atoms with Crippen LogP contribution in [0.15, 0.2) is 85.3 Å². The van der Waals surface area contributed by atoms with Crippen molar-refractivity contribution in [2.75, 3.05) is 5.32 Å². The molecule has 0 saturated carbocycles. The van der Waals surface area contributed by atoms with Crippen LogP contribution >= 0.6 is 0 Å². The number of amides is 1. The molecule has 0 unspecified atom stereocenters. The fourth-order valence-electron chi connectivity index (χ4n) is 3.25. The molecule has 170 valence electrons. The molecule has 4 rings (SSSR count). The maximum absolute atomic E-state index is 12.9. The van der Waals surface area contributed by atoms with Crippen molar-refractivity contribution in [1.29, 1.82) is 10.5 Å². The number of benzene rings is 3. The van der Waals surface area contributed by atoms with Crippen LogP contribution in [0.4, 0.5) is 5.82 Å². The molecular formula is C27H19N5O3. The second-order valence-corrected chi connectivity index (χ2v) is 7.35. The lowest BCUT2D eigenvalue weighted by molar-refractivity contribution is 0.102. The Kier molecular flexibility index (Phi) is 7.27. The second-order valence-electron chi connectivity index (χ2n) is 7.35. The number of nitrogens with zero attached hydrogens (tertiary/aromatic N) is 4. The molecule has 8 nitrogen and oxygen atoms in total. The Balaban J connectivity index is 1.59. The van der Waals surface area contributed by atoms with Gasteiger partial charge in [0.15, 0.2) is 5.82 Å². The summed E-state index contributed by atoms with van der Waals surface area (Å²) in [6, 6.07) is 23.3. The van der Waals surface area contributed by atoms with Crippen molar-refractivity contribution in [2.24, 2.45) is 0 Å². The number of anilines is 1. The minimum Gasteiger partial charge on any atom is -0.489 e. The van der Waals surface area contributed by atoms with E-state index in [-0.39, 0.29) is 18.8 Å². The molecule has 1 amide bonds. The highest BCUT2D eigenvalue weighted by Crippen LogP contribution is 2.26. The van der Waals surface area contributed by atoms with Crippen LogP contribution in [0.3, 0.4) is 0 Å². The molecule has 3 aromatic carbocycles. The van der Waals surface area contributed by atoms with Gasteiger partial charge in [0, 0.05) is 35.2 Å². The smallest absolute Gasteiger partial charge is 0.257 e. The van der Waals surface area contributed by atoms with Crippen LogP contribution in [0, 0.1) is 22.7 Å². The number of carbonyl (C=O) groups excluding carboxylic acids is 1. The van der Waals surface area contributed by atoms with Crippen LogP contribution in [0.2, 0.25) is 0 Å². The Morgan fingerprint density at radius 3 is 1.91 bits per heavy atom. The first-order chi connectivity index (χ1) is 17.2. The number of hydrogen-bond donors (Lipinski definition) is 1. The molecule has 1 N–H and O–H groups in total. The van der Waals surface area contributed by atoms with Gasteiger partial charge in [0.25, 0.3) is 5.91 Å². The first kappa shape index (κ1) is 23.0. The molecule has 0 aliphatic carbocycles. The molecule has 8 heteroatoms. The SMILES string of the molecule is N#Cc1ccccc1COc1cc(OCc2ccccc2C#N)cc(C(=O)Nc2cnccn2)c1. The van der Waals surface area contributed by atoms with Crippen molar-refractivity contribution >= 4 is 11.7 Å². The van der Waals surface area contributed by atoms with E-state index in [1.807, 2.05) is 12.1 Å². The summed E-state index contributed by atoms with van der Waals surface area (Å²) in [5, 5.41) is 21.3. The summed E-state index contributed by atoms with van der Waals surface area (Å²) in [4.78, 5) is 20.9. The van der Waals surface area contributed by atoms with Gasteiger partial charge in [0.1, 0.15) is 24.7 Å². The zero-order chi connectivity index (χ0) is 24.5. The summed E-state index contributed by atoms with van der Waals surface area (Å²) >= 11 is 0. The number of nitrogens with one attached hydrogen (secondary N) is 1. The van der Waals surface area contributed by atoms with Gasteiger partial charge in [-0.2, -0.15) is 10.5 Å². The lowest BCUT2D eigenvalue weighted by Gasteiger charge is -2.13. The van der Waals surface area contributed by atoms with Crippen LogP contribution < -0.4 is 14.8 Å². The Bertz CT molecular complexity index is 1350. The summed E-state index contributed by atoms with van der Waals surface area (Å²) in [7, 11) is 0. The highest BCUT2D eigenvalue weighted by atomic mass is 16.5. The third-order valence-corrected chi connectivity index (χ3v) is 5.01. The summed E-state index contributed by atoms with van der Waals surface area (Å²) in [6.45, 7) is 0.269. The number of hydrogen-bond acceptors (Lipinski definition) is 7. The summed E-state index contributed by atoms with van der Waals surface area (Å²) in [5.74, 6) is 0.647. The maximum atomic E-state index is 12.9. The van der Waals surface area contributed by atoms with E-state index in [4.69, 9.17) is 9.47 Å². The van der Waals surface area contributed by atoms with Crippen molar-refractivity contribution < 1.29 is 14.3 Å². The van der Waals surface area contributed by atoms with Crippen LogP contribution in [-0.4, -0.2) is 15.9 Å². The third-order valence-electron chi connectivity index (χ3n) is 5.01. The van der Waals surface area contributed by atoms with E-state index >= 15 is 0 Å². The van der Waals surface area contributed by atoms with Gasteiger partial charge in [-0.15, -0.1) is 0 Å². The molecule has 35 heavy (non-hydrogen) atoms. The van der Waals surface area contributed by atoms with Crippen molar-refractivity contribution in [3.63, 3.8) is 0 Å². The van der Waals surface area contributed by atoms with Crippen LogP contribution in [-0.2, 0) is 13.2 Å². The van der Waals surface area contributed by atoms with E-state index in [0.29, 0.717) is 28.4 Å². The van der Waals surface area contributed by atoms with Gasteiger partial charge in [-0.25, -0.2) is 4.98 Å². The Labute approximate surface area is 202 Å². The summed E-state index contributed by atoms with van der Waals surface area (Å²) in [5.41, 5.74) is 2.73.